The van der Waals surface area contributed by atoms with Crippen molar-refractivity contribution in [3.63, 3.8) is 0 Å². The molecule has 1 heterocycles. The zero-order valence-electron chi connectivity index (χ0n) is 21.5. The summed E-state index contributed by atoms with van der Waals surface area (Å²) in [6.07, 6.45) is 7.70. The molecule has 4 heteroatoms. The lowest BCUT2D eigenvalue weighted by Gasteiger charge is -2.38. The van der Waals surface area contributed by atoms with Crippen molar-refractivity contribution >= 4 is 34.1 Å². The van der Waals surface area contributed by atoms with Crippen LogP contribution in [0.5, 0.6) is 0 Å². The highest BCUT2D eigenvalue weighted by Gasteiger charge is 2.37. The van der Waals surface area contributed by atoms with E-state index in [1.165, 1.54) is 40.2 Å². The standard InChI is InChI=1S/C33H33BN2Si/c1-2-25-37-33(29-19-11-5-12-20-29,30-21-13-6-14-22-30)36-24-23-35-32(36)34-31(28-17-9-4-10-18-28)26-27-15-7-3-8-16-27/h3-24,26,34H,2,25,37H2,1H3. The van der Waals surface area contributed by atoms with Crippen LogP contribution >= 0.6 is 0 Å². The fourth-order valence-electron chi connectivity index (χ4n) is 5.34. The van der Waals surface area contributed by atoms with E-state index in [1.54, 1.807) is 0 Å². The van der Waals surface area contributed by atoms with Crippen LogP contribution in [0.15, 0.2) is 134 Å². The molecule has 0 unspecified atom stereocenters. The largest absolute Gasteiger partial charge is 0.332 e. The van der Waals surface area contributed by atoms with E-state index in [9.17, 15) is 0 Å². The molecule has 0 saturated carbocycles. The fourth-order valence-corrected chi connectivity index (χ4v) is 7.78. The minimum absolute atomic E-state index is 0.196. The number of benzene rings is 4. The third kappa shape index (κ3) is 5.45. The van der Waals surface area contributed by atoms with Gasteiger partial charge in [-0.05, 0) is 22.3 Å². The highest BCUT2D eigenvalue weighted by atomic mass is 28.2. The lowest BCUT2D eigenvalue weighted by atomic mass is 9.65. The molecule has 0 saturated heterocycles. The number of hydrogen-bond donors (Lipinski definition) is 0. The molecule has 5 aromatic rings. The van der Waals surface area contributed by atoms with Crippen LogP contribution in [0, 0.1) is 0 Å². The molecule has 0 spiro atoms. The average molecular weight is 497 g/mol. The Hall–Kier alpha value is -3.89. The molecule has 0 fully saturated rings. The molecule has 0 aliphatic carbocycles. The summed E-state index contributed by atoms with van der Waals surface area (Å²) in [5.74, 6) is 0. The number of aromatic nitrogens is 2. The van der Waals surface area contributed by atoms with Gasteiger partial charge in [-0.1, -0.05) is 152 Å². The van der Waals surface area contributed by atoms with E-state index < -0.39 is 9.52 Å². The van der Waals surface area contributed by atoms with Crippen LogP contribution in [0.4, 0.5) is 0 Å². The van der Waals surface area contributed by atoms with Gasteiger partial charge in [-0.3, -0.25) is 4.98 Å². The summed E-state index contributed by atoms with van der Waals surface area (Å²) in [6.45, 7) is 2.30. The maximum absolute atomic E-state index is 4.99. The Kier molecular flexibility index (Phi) is 7.97. The first-order chi connectivity index (χ1) is 18.3. The second-order valence-electron chi connectivity index (χ2n) is 9.53. The molecule has 4 aromatic carbocycles. The van der Waals surface area contributed by atoms with Crippen molar-refractivity contribution in [2.24, 2.45) is 0 Å². The third-order valence-corrected chi connectivity index (χ3v) is 10.1. The fraction of sp³-hybridized carbons (Fsp3) is 0.121. The quantitative estimate of drug-likeness (QED) is 0.174. The molecular formula is C33H33BN2Si. The van der Waals surface area contributed by atoms with E-state index in [-0.39, 0.29) is 5.16 Å². The first-order valence-corrected chi connectivity index (χ1v) is 15.0. The van der Waals surface area contributed by atoms with E-state index in [2.05, 4.69) is 145 Å². The van der Waals surface area contributed by atoms with Gasteiger partial charge in [-0.2, -0.15) is 0 Å². The van der Waals surface area contributed by atoms with Gasteiger partial charge in [0.05, 0.1) is 20.4 Å². The number of imidazole rings is 1. The summed E-state index contributed by atoms with van der Waals surface area (Å²) in [5.41, 5.74) is 7.52. The van der Waals surface area contributed by atoms with Crippen LogP contribution in [-0.2, 0) is 5.16 Å². The molecule has 37 heavy (non-hydrogen) atoms. The van der Waals surface area contributed by atoms with Gasteiger partial charge in [-0.25, -0.2) is 0 Å². The smallest absolute Gasteiger partial charge is 0.239 e. The Morgan fingerprint density at radius 1 is 0.784 bits per heavy atom. The van der Waals surface area contributed by atoms with E-state index >= 15 is 0 Å². The summed E-state index contributed by atoms with van der Waals surface area (Å²) < 4.78 is 2.50. The van der Waals surface area contributed by atoms with Crippen LogP contribution in [0.3, 0.4) is 0 Å². The average Bonchev–Trinajstić information content (AvgIpc) is 3.44. The summed E-state index contributed by atoms with van der Waals surface area (Å²) >= 11 is 0. The molecule has 0 aliphatic heterocycles. The van der Waals surface area contributed by atoms with Gasteiger partial charge in [-0.15, -0.1) is 0 Å². The SMILES string of the molecule is CCC[SiH2]C(c1ccccc1)(c1ccccc1)n1ccnc1BC(=Cc1ccccc1)c1ccccc1. The van der Waals surface area contributed by atoms with Crippen molar-refractivity contribution in [1.29, 1.82) is 0 Å². The summed E-state index contributed by atoms with van der Waals surface area (Å²) in [7, 11) is 0.139. The highest BCUT2D eigenvalue weighted by Crippen LogP contribution is 2.34. The molecule has 0 amide bonds. The Labute approximate surface area is 223 Å². The van der Waals surface area contributed by atoms with Crippen molar-refractivity contribution in [3.05, 3.63) is 156 Å². The van der Waals surface area contributed by atoms with Gasteiger partial charge in [0, 0.05) is 12.4 Å². The summed E-state index contributed by atoms with van der Waals surface area (Å²) in [4.78, 5) is 4.99. The number of nitrogens with zero attached hydrogens (tertiary/aromatic N) is 2. The minimum atomic E-state index is -0.619. The van der Waals surface area contributed by atoms with Gasteiger partial charge >= 0.3 is 0 Å². The van der Waals surface area contributed by atoms with Crippen LogP contribution < -0.4 is 5.72 Å². The lowest BCUT2D eigenvalue weighted by molar-refractivity contribution is 0.605. The topological polar surface area (TPSA) is 17.8 Å². The molecule has 182 valence electrons. The summed E-state index contributed by atoms with van der Waals surface area (Å²) in [6, 6.07) is 44.7. The van der Waals surface area contributed by atoms with Crippen molar-refractivity contribution < 1.29 is 0 Å². The number of hydrogen-bond acceptors (Lipinski definition) is 1. The highest BCUT2D eigenvalue weighted by molar-refractivity contribution is 6.73. The first kappa shape index (κ1) is 24.8. The van der Waals surface area contributed by atoms with E-state index in [1.807, 2.05) is 6.20 Å². The number of rotatable bonds is 10. The second kappa shape index (κ2) is 11.9. The summed E-state index contributed by atoms with van der Waals surface area (Å²) in [5, 5.41) is -0.196. The second-order valence-corrected chi connectivity index (χ2v) is 11.8. The molecule has 0 bridgehead atoms. The Morgan fingerprint density at radius 2 is 1.32 bits per heavy atom. The Balaban J connectivity index is 1.67. The van der Waals surface area contributed by atoms with Crippen LogP contribution in [0.1, 0.15) is 35.6 Å². The maximum atomic E-state index is 4.99. The molecule has 0 aliphatic rings. The lowest BCUT2D eigenvalue weighted by Crippen LogP contribution is -2.48. The van der Waals surface area contributed by atoms with Crippen molar-refractivity contribution in [2.75, 3.05) is 0 Å². The van der Waals surface area contributed by atoms with Gasteiger partial charge < -0.3 is 4.57 Å². The van der Waals surface area contributed by atoms with Crippen molar-refractivity contribution in [1.82, 2.24) is 9.55 Å². The molecule has 5 rings (SSSR count). The Morgan fingerprint density at radius 3 is 1.89 bits per heavy atom. The molecule has 0 radical (unpaired) electrons. The van der Waals surface area contributed by atoms with Gasteiger partial charge in [0.25, 0.3) is 0 Å². The van der Waals surface area contributed by atoms with E-state index in [0.29, 0.717) is 0 Å². The normalized spacial score (nSPS) is 12.2. The zero-order valence-corrected chi connectivity index (χ0v) is 22.9. The molecule has 2 nitrogen and oxygen atoms in total. The van der Waals surface area contributed by atoms with Crippen LogP contribution in [0.25, 0.3) is 11.5 Å². The molecular weight excluding hydrogens is 463 g/mol. The van der Waals surface area contributed by atoms with Gasteiger partial charge in [0.15, 0.2) is 0 Å². The zero-order chi connectivity index (χ0) is 25.3. The van der Waals surface area contributed by atoms with Crippen LogP contribution in [-0.4, -0.2) is 26.4 Å². The van der Waals surface area contributed by atoms with Gasteiger partial charge in [0.2, 0.25) is 7.28 Å². The molecule has 0 atom stereocenters. The van der Waals surface area contributed by atoms with Crippen molar-refractivity contribution in [3.8, 4) is 0 Å². The predicted octanol–water partition coefficient (Wildman–Crippen LogP) is 5.89. The third-order valence-electron chi connectivity index (χ3n) is 7.16. The minimum Gasteiger partial charge on any atom is -0.332 e. The van der Waals surface area contributed by atoms with Gasteiger partial charge in [0.1, 0.15) is 0 Å². The maximum Gasteiger partial charge on any atom is 0.239 e. The monoisotopic (exact) mass is 496 g/mol. The Bertz CT molecular complexity index is 1380. The van der Waals surface area contributed by atoms with Crippen LogP contribution in [0.2, 0.25) is 6.04 Å². The van der Waals surface area contributed by atoms with Crippen molar-refractivity contribution in [2.45, 2.75) is 24.6 Å². The molecule has 1 aromatic heterocycles. The van der Waals surface area contributed by atoms with E-state index in [4.69, 9.17) is 4.98 Å². The van der Waals surface area contributed by atoms with E-state index in [0.717, 1.165) is 13.0 Å². The first-order valence-electron chi connectivity index (χ1n) is 13.3. The predicted molar refractivity (Wildman–Crippen MR) is 162 cm³/mol. The molecule has 0 N–H and O–H groups in total.